The number of hydrogen-bond acceptors (Lipinski definition) is 4. The Hall–Kier alpha value is -2.15. The minimum Gasteiger partial charge on any atom is -0.378 e. The molecule has 4 rings (SSSR count). The van der Waals surface area contributed by atoms with Crippen LogP contribution in [0.2, 0.25) is 0 Å². The van der Waals surface area contributed by atoms with Crippen molar-refractivity contribution in [3.8, 4) is 0 Å². The molecular formula is C23H31N3O2S. The number of nitrogens with two attached hydrogens (primary N) is 2. The van der Waals surface area contributed by atoms with Crippen LogP contribution in [0, 0.1) is 5.92 Å². The van der Waals surface area contributed by atoms with Crippen LogP contribution in [0.25, 0.3) is 0 Å². The van der Waals surface area contributed by atoms with Crippen molar-refractivity contribution in [3.63, 3.8) is 0 Å². The summed E-state index contributed by atoms with van der Waals surface area (Å²) < 4.78 is 23.5. The summed E-state index contributed by atoms with van der Waals surface area (Å²) >= 11 is 0. The van der Waals surface area contributed by atoms with E-state index in [1.165, 1.54) is 18.2 Å². The van der Waals surface area contributed by atoms with Crippen LogP contribution in [0.3, 0.4) is 0 Å². The summed E-state index contributed by atoms with van der Waals surface area (Å²) in [5.74, 6) is 0.573. The lowest BCUT2D eigenvalue weighted by Gasteiger charge is -2.38. The van der Waals surface area contributed by atoms with Gasteiger partial charge in [-0.05, 0) is 59.7 Å². The molecule has 0 spiro atoms. The van der Waals surface area contributed by atoms with Crippen molar-refractivity contribution in [1.82, 2.24) is 0 Å². The van der Waals surface area contributed by atoms with Gasteiger partial charge in [0, 0.05) is 11.6 Å². The second-order valence-corrected chi connectivity index (χ2v) is 10.2. The molecule has 0 saturated heterocycles. The van der Waals surface area contributed by atoms with Gasteiger partial charge in [-0.2, -0.15) is 0 Å². The van der Waals surface area contributed by atoms with Crippen LogP contribution < -0.4 is 16.2 Å². The van der Waals surface area contributed by atoms with Gasteiger partial charge in [-0.25, -0.2) is 13.6 Å². The summed E-state index contributed by atoms with van der Waals surface area (Å²) in [7, 11) is -2.20. The van der Waals surface area contributed by atoms with Gasteiger partial charge in [0.1, 0.15) is 0 Å². The molecule has 156 valence electrons. The quantitative estimate of drug-likeness (QED) is 0.647. The average molecular weight is 414 g/mol. The average Bonchev–Trinajstić information content (AvgIpc) is 3.17. The van der Waals surface area contributed by atoms with E-state index in [9.17, 15) is 8.42 Å². The van der Waals surface area contributed by atoms with E-state index in [-0.39, 0.29) is 22.3 Å². The molecule has 0 bridgehead atoms. The predicted octanol–water partition coefficient (Wildman–Crippen LogP) is 4.03. The number of rotatable bonds is 2. The zero-order valence-corrected chi connectivity index (χ0v) is 18.3. The first-order chi connectivity index (χ1) is 13.6. The molecule has 2 aromatic rings. The van der Waals surface area contributed by atoms with Crippen LogP contribution >= 0.6 is 0 Å². The highest BCUT2D eigenvalue weighted by atomic mass is 32.2. The molecule has 0 aromatic heterocycles. The van der Waals surface area contributed by atoms with Crippen LogP contribution in [0.15, 0.2) is 59.5 Å². The van der Waals surface area contributed by atoms with Gasteiger partial charge >= 0.3 is 0 Å². The molecule has 1 heterocycles. The minimum atomic E-state index is -3.70. The topological polar surface area (TPSA) is 98.2 Å². The van der Waals surface area contributed by atoms with Crippen LogP contribution in [0.4, 0.5) is 5.69 Å². The van der Waals surface area contributed by atoms with Crippen molar-refractivity contribution in [2.45, 2.75) is 49.5 Å². The largest absolute Gasteiger partial charge is 0.378 e. The van der Waals surface area contributed by atoms with Gasteiger partial charge in [0.2, 0.25) is 10.0 Å². The second kappa shape index (κ2) is 7.94. The summed E-state index contributed by atoms with van der Waals surface area (Å²) in [6.45, 7) is 6.66. The van der Waals surface area contributed by atoms with Gasteiger partial charge in [0.25, 0.3) is 0 Å². The molecule has 1 aliphatic heterocycles. The highest BCUT2D eigenvalue weighted by molar-refractivity contribution is 7.89. The number of sulfonamides is 1. The molecule has 29 heavy (non-hydrogen) atoms. The van der Waals surface area contributed by atoms with E-state index in [0.29, 0.717) is 5.92 Å². The van der Waals surface area contributed by atoms with E-state index >= 15 is 0 Å². The van der Waals surface area contributed by atoms with Crippen molar-refractivity contribution in [2.75, 3.05) is 12.4 Å². The van der Waals surface area contributed by atoms with Gasteiger partial charge < -0.3 is 11.1 Å². The Labute approximate surface area is 174 Å². The maximum Gasteiger partial charge on any atom is 0.238 e. The molecule has 2 aliphatic rings. The van der Waals surface area contributed by atoms with E-state index in [4.69, 9.17) is 5.14 Å². The molecule has 3 unspecified atom stereocenters. The normalized spacial score (nSPS) is 22.8. The Kier molecular flexibility index (Phi) is 5.90. The third-order valence-electron chi connectivity index (χ3n) is 5.80. The van der Waals surface area contributed by atoms with E-state index in [2.05, 4.69) is 68.2 Å². The molecule has 0 amide bonds. The van der Waals surface area contributed by atoms with Crippen LogP contribution in [0.5, 0.6) is 0 Å². The molecule has 1 aliphatic carbocycles. The molecular weight excluding hydrogens is 382 g/mol. The second-order valence-electron chi connectivity index (χ2n) is 8.64. The number of benzene rings is 2. The van der Waals surface area contributed by atoms with Gasteiger partial charge in [-0.1, -0.05) is 57.2 Å². The fraction of sp³-hybridized carbons (Fsp3) is 0.391. The van der Waals surface area contributed by atoms with Gasteiger partial charge in [-0.15, -0.1) is 0 Å². The third kappa shape index (κ3) is 4.25. The molecule has 5 N–H and O–H groups in total. The lowest BCUT2D eigenvalue weighted by Crippen LogP contribution is -2.29. The van der Waals surface area contributed by atoms with Gasteiger partial charge in [-0.3, -0.25) is 0 Å². The minimum absolute atomic E-state index is 0.132. The molecule has 5 nitrogen and oxygen atoms in total. The van der Waals surface area contributed by atoms with E-state index in [0.717, 1.165) is 17.7 Å². The molecule has 0 radical (unpaired) electrons. The third-order valence-corrected chi connectivity index (χ3v) is 6.71. The van der Waals surface area contributed by atoms with Gasteiger partial charge in [0.05, 0.1) is 10.9 Å². The van der Waals surface area contributed by atoms with Crippen molar-refractivity contribution >= 4 is 15.7 Å². The highest BCUT2D eigenvalue weighted by Crippen LogP contribution is 2.50. The zero-order valence-electron chi connectivity index (χ0n) is 17.5. The van der Waals surface area contributed by atoms with E-state index in [1.807, 2.05) is 6.07 Å². The molecule has 0 saturated carbocycles. The summed E-state index contributed by atoms with van der Waals surface area (Å²) in [6, 6.07) is 14.2. The Balaban J connectivity index is 0.00000117. The number of fused-ring (bicyclic) bond motifs is 3. The Bertz CT molecular complexity index is 1010. The standard InChI is InChI=1S/C22H26N2O2S.CH5N/c1-22(2,3)15-9-7-14(8-10-15)21-18-6-4-5-17(18)19-13-16(27(23,25)26)11-12-20(19)24-21;1-2/h4-5,7-13,17-18,21,24H,6H2,1-3H3,(H2,23,25,26);2H2,1H3. The zero-order chi connectivity index (χ0) is 21.4. The van der Waals surface area contributed by atoms with E-state index in [1.54, 1.807) is 12.1 Å². The number of allylic oxidation sites excluding steroid dienone is 2. The SMILES string of the molecule is CC(C)(C)c1ccc(C2Nc3ccc(S(N)(=O)=O)cc3C3C=CCC32)cc1.CN. The highest BCUT2D eigenvalue weighted by Gasteiger charge is 2.38. The Morgan fingerprint density at radius 2 is 1.69 bits per heavy atom. The summed E-state index contributed by atoms with van der Waals surface area (Å²) in [4.78, 5) is 0.176. The maximum absolute atomic E-state index is 11.7. The van der Waals surface area contributed by atoms with Crippen molar-refractivity contribution in [3.05, 3.63) is 71.3 Å². The summed E-state index contributed by atoms with van der Waals surface area (Å²) in [5, 5.41) is 8.97. The smallest absolute Gasteiger partial charge is 0.238 e. The fourth-order valence-electron chi connectivity index (χ4n) is 4.27. The van der Waals surface area contributed by atoms with Crippen LogP contribution in [0.1, 0.15) is 55.8 Å². The van der Waals surface area contributed by atoms with Crippen molar-refractivity contribution in [1.29, 1.82) is 0 Å². The van der Waals surface area contributed by atoms with Crippen LogP contribution in [-0.4, -0.2) is 15.5 Å². The molecule has 2 aromatic carbocycles. The fourth-order valence-corrected chi connectivity index (χ4v) is 4.82. The Morgan fingerprint density at radius 3 is 2.28 bits per heavy atom. The first-order valence-electron chi connectivity index (χ1n) is 9.93. The van der Waals surface area contributed by atoms with Crippen molar-refractivity contribution < 1.29 is 8.42 Å². The Morgan fingerprint density at radius 1 is 1.03 bits per heavy atom. The maximum atomic E-state index is 11.7. The van der Waals surface area contributed by atoms with Crippen LogP contribution in [-0.2, 0) is 15.4 Å². The van der Waals surface area contributed by atoms with Gasteiger partial charge in [0.15, 0.2) is 0 Å². The number of primary sulfonamides is 1. The van der Waals surface area contributed by atoms with E-state index < -0.39 is 10.0 Å². The molecule has 6 heteroatoms. The number of anilines is 1. The summed E-state index contributed by atoms with van der Waals surface area (Å²) in [6.07, 6.45) is 5.38. The lowest BCUT2D eigenvalue weighted by molar-refractivity contribution is 0.425. The predicted molar refractivity (Wildman–Crippen MR) is 119 cm³/mol. The summed E-state index contributed by atoms with van der Waals surface area (Å²) in [5.41, 5.74) is 9.22. The monoisotopic (exact) mass is 413 g/mol. The first-order valence-corrected chi connectivity index (χ1v) is 11.5. The first kappa shape index (κ1) is 21.6. The van der Waals surface area contributed by atoms with Crippen molar-refractivity contribution in [2.24, 2.45) is 16.8 Å². The molecule has 0 fully saturated rings. The number of hydrogen-bond donors (Lipinski definition) is 3. The molecule has 3 atom stereocenters. The lowest BCUT2D eigenvalue weighted by atomic mass is 9.76. The number of nitrogens with one attached hydrogen (secondary N) is 1.